The number of aliphatic carboxylic acids is 1. The summed E-state index contributed by atoms with van der Waals surface area (Å²) in [7, 11) is -4.40. The quantitative estimate of drug-likeness (QED) is 0.141. The van der Waals surface area contributed by atoms with E-state index in [0.29, 0.717) is 9.21 Å². The number of β-lactam (4-membered cyclic amide) rings is 1. The predicted molar refractivity (Wildman–Crippen MR) is 133 cm³/mol. The Balaban J connectivity index is 0.00000462. The van der Waals surface area contributed by atoms with Crippen LogP contribution in [0.2, 0.25) is 0 Å². The van der Waals surface area contributed by atoms with E-state index in [9.17, 15) is 42.3 Å². The first kappa shape index (κ1) is 32.4. The molecule has 4 rings (SSSR count). The van der Waals surface area contributed by atoms with Gasteiger partial charge in [0.15, 0.2) is 0 Å². The molecule has 1 aromatic rings. The molecule has 2 fully saturated rings. The first-order chi connectivity index (χ1) is 18.8. The largest absolute Gasteiger partial charge is 1.00 e. The number of carbonyl (C=O) groups is 6. The fraction of sp³-hybridized carbons (Fsp3) is 0.364. The number of carbonyl (C=O) groups excluding carboxylic acids is 6. The molecule has 0 spiro atoms. The predicted octanol–water partition coefficient (Wildman–Crippen LogP) is -5.65. The van der Waals surface area contributed by atoms with Crippen molar-refractivity contribution in [1.29, 1.82) is 0 Å². The minimum absolute atomic E-state index is 0. The minimum Gasteiger partial charge on any atom is -0.543 e. The van der Waals surface area contributed by atoms with Crippen molar-refractivity contribution in [2.45, 2.75) is 24.4 Å². The third-order valence-corrected chi connectivity index (χ3v) is 8.47. The Bertz CT molecular complexity index is 1420. The van der Waals surface area contributed by atoms with Gasteiger partial charge in [0.05, 0.1) is 24.8 Å². The van der Waals surface area contributed by atoms with Gasteiger partial charge in [0.25, 0.3) is 5.91 Å². The van der Waals surface area contributed by atoms with Crippen LogP contribution < -0.4 is 50.4 Å². The van der Waals surface area contributed by atoms with Crippen LogP contribution in [0.5, 0.6) is 0 Å². The average molecular weight is 619 g/mol. The number of fused-ring (bicyclic) bond motifs is 1. The number of nitrogens with one attached hydrogen (secondary N) is 2. The molecule has 214 valence electrons. The van der Waals surface area contributed by atoms with E-state index < -0.39 is 69.2 Å². The summed E-state index contributed by atoms with van der Waals surface area (Å²) in [5.74, 6) is -3.82. The number of esters is 1. The summed E-state index contributed by atoms with van der Waals surface area (Å²) < 4.78 is 28.3. The second-order valence-electron chi connectivity index (χ2n) is 8.76. The van der Waals surface area contributed by atoms with Crippen LogP contribution >= 0.6 is 11.8 Å². The molecular formula is C22H23N6NaO10S2. The number of rotatable bonds is 8. The summed E-state index contributed by atoms with van der Waals surface area (Å²) in [6.45, 7) is 0.120. The first-order valence-electron chi connectivity index (χ1n) is 11.6. The van der Waals surface area contributed by atoms with E-state index in [1.807, 2.05) is 0 Å². The average Bonchev–Trinajstić information content (AvgIpc) is 3.30. The number of ether oxygens (including phenoxy) is 1. The summed E-state index contributed by atoms with van der Waals surface area (Å²) in [5.41, 5.74) is -0.00426. The molecule has 0 radical (unpaired) electrons. The number of hydrogen-bond donors (Lipinski definition) is 3. The van der Waals surface area contributed by atoms with Gasteiger partial charge in [0.1, 0.15) is 24.1 Å². The fourth-order valence-electron chi connectivity index (χ4n) is 4.30. The van der Waals surface area contributed by atoms with Gasteiger partial charge in [0, 0.05) is 18.2 Å². The Morgan fingerprint density at radius 3 is 2.39 bits per heavy atom. The van der Waals surface area contributed by atoms with Crippen molar-refractivity contribution in [2.75, 3.05) is 25.4 Å². The van der Waals surface area contributed by atoms with Gasteiger partial charge in [-0.25, -0.2) is 23.9 Å². The summed E-state index contributed by atoms with van der Waals surface area (Å²) in [4.78, 5) is 76.1. The van der Waals surface area contributed by atoms with Crippen LogP contribution in [-0.2, 0) is 34.1 Å². The topological polar surface area (TPSA) is 229 Å². The number of nitrogens with two attached hydrogens (primary N) is 1. The Labute approximate surface area is 260 Å². The van der Waals surface area contributed by atoms with E-state index in [-0.39, 0.29) is 66.1 Å². The SMILES string of the molecule is CC(=O)OCC1=C(C(=O)[O-])N2C(=O)C(NC(=O)C(NC(=O)N3CCN(S(N)(=O)=O)C3=O)c3ccccc3)[C@@H]2SC1.[Na+]. The zero-order chi connectivity index (χ0) is 29.4. The van der Waals surface area contributed by atoms with Crippen LogP contribution in [0.3, 0.4) is 0 Å². The molecule has 0 bridgehead atoms. The number of hydrogen-bond acceptors (Lipinski definition) is 11. The van der Waals surface area contributed by atoms with Gasteiger partial charge in [-0.15, -0.1) is 11.8 Å². The van der Waals surface area contributed by atoms with Gasteiger partial charge in [0.2, 0.25) is 5.91 Å². The second kappa shape index (κ2) is 12.8. The van der Waals surface area contributed by atoms with E-state index in [2.05, 4.69) is 10.6 Å². The molecular weight excluding hydrogens is 595 g/mol. The maximum atomic E-state index is 13.3. The van der Waals surface area contributed by atoms with Gasteiger partial charge < -0.3 is 25.3 Å². The molecule has 19 heteroatoms. The molecule has 4 N–H and O–H groups in total. The Morgan fingerprint density at radius 2 is 1.83 bits per heavy atom. The van der Waals surface area contributed by atoms with Crippen LogP contribution in [-0.4, -0.2) is 95.2 Å². The van der Waals surface area contributed by atoms with Crippen molar-refractivity contribution < 1.29 is 76.6 Å². The number of nitrogens with zero attached hydrogens (tertiary/aromatic N) is 3. The zero-order valence-corrected chi connectivity index (χ0v) is 25.4. The van der Waals surface area contributed by atoms with Crippen molar-refractivity contribution in [2.24, 2.45) is 5.14 Å². The number of amides is 6. The third kappa shape index (κ3) is 6.68. The molecule has 0 saturated carbocycles. The number of carboxylic acids is 1. The van der Waals surface area contributed by atoms with Crippen molar-refractivity contribution >= 4 is 57.8 Å². The summed E-state index contributed by atoms with van der Waals surface area (Å²) in [5, 5.41) is 20.9. The van der Waals surface area contributed by atoms with Crippen molar-refractivity contribution in [3.8, 4) is 0 Å². The number of urea groups is 2. The van der Waals surface area contributed by atoms with E-state index in [1.165, 1.54) is 12.1 Å². The third-order valence-electron chi connectivity index (χ3n) is 6.17. The normalized spacial score (nSPS) is 20.9. The van der Waals surface area contributed by atoms with E-state index in [1.54, 1.807) is 18.2 Å². The fourth-order valence-corrected chi connectivity index (χ4v) is 6.28. The minimum atomic E-state index is -4.40. The monoisotopic (exact) mass is 618 g/mol. The van der Waals surface area contributed by atoms with Crippen LogP contribution in [0, 0.1) is 0 Å². The van der Waals surface area contributed by atoms with Crippen LogP contribution in [0.4, 0.5) is 9.59 Å². The maximum absolute atomic E-state index is 13.3. The maximum Gasteiger partial charge on any atom is 1.00 e. The first-order valence-corrected chi connectivity index (χ1v) is 14.2. The molecule has 3 aliphatic heterocycles. The second-order valence-corrected chi connectivity index (χ2v) is 11.3. The van der Waals surface area contributed by atoms with Gasteiger partial charge >= 0.3 is 57.8 Å². The Hall–Kier alpha value is -3.16. The molecule has 1 aromatic carbocycles. The Kier molecular flexibility index (Phi) is 10.1. The van der Waals surface area contributed by atoms with Crippen LogP contribution in [0.25, 0.3) is 0 Å². The van der Waals surface area contributed by atoms with Gasteiger partial charge in [-0.1, -0.05) is 30.3 Å². The molecule has 41 heavy (non-hydrogen) atoms. The van der Waals surface area contributed by atoms with E-state index in [0.717, 1.165) is 23.6 Å². The molecule has 2 unspecified atom stereocenters. The Morgan fingerprint density at radius 1 is 1.17 bits per heavy atom. The van der Waals surface area contributed by atoms with Gasteiger partial charge in [-0.3, -0.25) is 19.3 Å². The van der Waals surface area contributed by atoms with Crippen molar-refractivity contribution in [3.63, 3.8) is 0 Å². The molecule has 3 heterocycles. The van der Waals surface area contributed by atoms with Crippen LogP contribution in [0.15, 0.2) is 41.6 Å². The van der Waals surface area contributed by atoms with Gasteiger partial charge in [-0.2, -0.15) is 8.42 Å². The number of thioether (sulfide) groups is 1. The van der Waals surface area contributed by atoms with Crippen molar-refractivity contribution in [1.82, 2.24) is 24.7 Å². The number of benzene rings is 1. The summed E-state index contributed by atoms with van der Waals surface area (Å²) >= 11 is 1.13. The zero-order valence-electron chi connectivity index (χ0n) is 21.8. The molecule has 16 nitrogen and oxygen atoms in total. The van der Waals surface area contributed by atoms with E-state index in [4.69, 9.17) is 9.88 Å². The van der Waals surface area contributed by atoms with E-state index >= 15 is 0 Å². The summed E-state index contributed by atoms with van der Waals surface area (Å²) in [6.07, 6.45) is 0. The number of imide groups is 1. The molecule has 3 atom stereocenters. The molecule has 0 aromatic heterocycles. The summed E-state index contributed by atoms with van der Waals surface area (Å²) in [6, 6.07) is 2.98. The molecule has 3 aliphatic rings. The standard InChI is InChI=1S/C22H24N6O10S2.Na/c1-11(29)38-9-13-10-39-19-15(18(31)28(19)16(13)20(32)33)24-17(30)14(12-5-3-2-4-6-12)25-21(34)26-7-8-27(22(26)35)40(23,36)37;/h2-6,14-15,19H,7-10H2,1H3,(H,24,30)(H,25,34)(H,32,33)(H2,23,36,37);/q;+1/p-1/t14?,15?,19-;/m0./s1. The van der Waals surface area contributed by atoms with Crippen molar-refractivity contribution in [3.05, 3.63) is 47.2 Å². The smallest absolute Gasteiger partial charge is 0.543 e. The van der Waals surface area contributed by atoms with Crippen LogP contribution in [0.1, 0.15) is 18.5 Å². The van der Waals surface area contributed by atoms with Gasteiger partial charge in [-0.05, 0) is 5.56 Å². The molecule has 0 aliphatic carbocycles. The number of carboxylic acid groups (broad SMARTS) is 1. The molecule has 2 saturated heterocycles. The molecule has 6 amide bonds.